The topological polar surface area (TPSA) is 68.2 Å². The fraction of sp³-hybridized carbons (Fsp3) is 0.417. The Morgan fingerprint density at radius 1 is 1.06 bits per heavy atom. The summed E-state index contributed by atoms with van der Waals surface area (Å²) in [6.45, 7) is 4.48. The first-order valence-electron chi connectivity index (χ1n) is 11.0. The van der Waals surface area contributed by atoms with Gasteiger partial charge in [-0.15, -0.1) is 13.2 Å². The average molecular weight is 461 g/mol. The minimum absolute atomic E-state index is 0.176. The van der Waals surface area contributed by atoms with Gasteiger partial charge in [-0.3, -0.25) is 4.79 Å². The highest BCUT2D eigenvalue weighted by Crippen LogP contribution is 2.40. The molecule has 2 unspecified atom stereocenters. The van der Waals surface area contributed by atoms with Gasteiger partial charge in [0, 0.05) is 24.3 Å². The van der Waals surface area contributed by atoms with Crippen molar-refractivity contribution in [2.45, 2.75) is 45.5 Å². The molecule has 0 spiro atoms. The van der Waals surface area contributed by atoms with E-state index in [0.717, 1.165) is 30.3 Å². The monoisotopic (exact) mass is 460 g/mol. The van der Waals surface area contributed by atoms with Crippen LogP contribution in [0.5, 0.6) is 5.75 Å². The van der Waals surface area contributed by atoms with Crippen molar-refractivity contribution in [1.82, 2.24) is 14.9 Å². The van der Waals surface area contributed by atoms with E-state index in [9.17, 15) is 18.0 Å². The molecule has 4 rings (SSSR count). The Bertz CT molecular complexity index is 1130. The fourth-order valence-corrected chi connectivity index (χ4v) is 4.82. The fourth-order valence-electron chi connectivity index (χ4n) is 4.82. The molecule has 33 heavy (non-hydrogen) atoms. The van der Waals surface area contributed by atoms with Gasteiger partial charge in [0.15, 0.2) is 0 Å². The highest BCUT2D eigenvalue weighted by molar-refractivity contribution is 5.97. The van der Waals surface area contributed by atoms with Gasteiger partial charge in [0.05, 0.1) is 11.0 Å². The van der Waals surface area contributed by atoms with E-state index in [1.165, 1.54) is 24.3 Å². The Morgan fingerprint density at radius 3 is 2.33 bits per heavy atom. The number of anilines is 2. The number of amides is 1. The Hall–Kier alpha value is -3.23. The summed E-state index contributed by atoms with van der Waals surface area (Å²) in [4.78, 5) is 17.0. The number of ether oxygens (including phenoxy) is 1. The van der Waals surface area contributed by atoms with E-state index in [4.69, 9.17) is 4.98 Å². The van der Waals surface area contributed by atoms with Crippen LogP contribution < -0.4 is 15.4 Å². The van der Waals surface area contributed by atoms with Gasteiger partial charge >= 0.3 is 6.36 Å². The van der Waals surface area contributed by atoms with Crippen LogP contribution in [-0.4, -0.2) is 28.9 Å². The molecule has 9 heteroatoms. The molecule has 1 aromatic heterocycles. The molecule has 1 heterocycles. The predicted molar refractivity (Wildman–Crippen MR) is 121 cm³/mol. The number of carbonyl (C=O) groups is 1. The summed E-state index contributed by atoms with van der Waals surface area (Å²) in [7, 11) is 1.59. The van der Waals surface area contributed by atoms with Gasteiger partial charge in [-0.25, -0.2) is 4.98 Å². The zero-order valence-corrected chi connectivity index (χ0v) is 18.7. The second-order valence-corrected chi connectivity index (χ2v) is 8.86. The van der Waals surface area contributed by atoms with Crippen LogP contribution >= 0.6 is 0 Å². The summed E-state index contributed by atoms with van der Waals surface area (Å²) in [5.74, 6) is 1.22. The highest BCUT2D eigenvalue weighted by Gasteiger charge is 2.31. The lowest BCUT2D eigenvalue weighted by Gasteiger charge is -2.33. The minimum atomic E-state index is -4.74. The Labute approximate surface area is 190 Å². The van der Waals surface area contributed by atoms with Crippen LogP contribution in [-0.2, 0) is 0 Å². The lowest BCUT2D eigenvalue weighted by Crippen LogP contribution is -2.23. The van der Waals surface area contributed by atoms with Crippen molar-refractivity contribution in [3.63, 3.8) is 0 Å². The van der Waals surface area contributed by atoms with Gasteiger partial charge in [0.2, 0.25) is 5.95 Å². The first-order chi connectivity index (χ1) is 15.6. The third-order valence-electron chi connectivity index (χ3n) is 6.04. The van der Waals surface area contributed by atoms with Crippen molar-refractivity contribution in [1.29, 1.82) is 0 Å². The summed E-state index contributed by atoms with van der Waals surface area (Å²) in [5, 5.41) is 5.91. The Kier molecular flexibility index (Phi) is 6.23. The lowest BCUT2D eigenvalue weighted by atomic mass is 9.80. The van der Waals surface area contributed by atoms with Crippen LogP contribution in [0.15, 0.2) is 42.5 Å². The molecule has 6 nitrogen and oxygen atoms in total. The molecular formula is C24H27F3N4O2. The maximum absolute atomic E-state index is 12.5. The maximum Gasteiger partial charge on any atom is 0.573 e. The molecule has 2 aromatic carbocycles. The van der Waals surface area contributed by atoms with Crippen molar-refractivity contribution < 1.29 is 22.7 Å². The van der Waals surface area contributed by atoms with E-state index < -0.39 is 6.36 Å². The van der Waals surface area contributed by atoms with Gasteiger partial charge in [-0.05, 0) is 73.6 Å². The highest BCUT2D eigenvalue weighted by atomic mass is 19.4. The molecule has 0 aliphatic heterocycles. The molecule has 1 aliphatic carbocycles. The summed E-state index contributed by atoms with van der Waals surface area (Å²) in [6, 6.07) is 11.1. The molecule has 0 saturated heterocycles. The van der Waals surface area contributed by atoms with Crippen molar-refractivity contribution in [3.8, 4) is 5.75 Å². The van der Waals surface area contributed by atoms with Gasteiger partial charge in [0.1, 0.15) is 5.75 Å². The zero-order valence-electron chi connectivity index (χ0n) is 18.7. The predicted octanol–water partition coefficient (Wildman–Crippen LogP) is 6.04. The Morgan fingerprint density at radius 2 is 1.73 bits per heavy atom. The maximum atomic E-state index is 12.5. The van der Waals surface area contributed by atoms with Crippen molar-refractivity contribution >= 4 is 28.6 Å². The first kappa shape index (κ1) is 22.9. The van der Waals surface area contributed by atoms with Gasteiger partial charge in [-0.2, -0.15) is 0 Å². The second kappa shape index (κ2) is 8.96. The van der Waals surface area contributed by atoms with Crippen molar-refractivity contribution in [2.24, 2.45) is 11.8 Å². The van der Waals surface area contributed by atoms with E-state index in [0.29, 0.717) is 29.0 Å². The molecule has 2 N–H and O–H groups in total. The van der Waals surface area contributed by atoms with Crippen LogP contribution in [0.2, 0.25) is 0 Å². The Balaban J connectivity index is 1.73. The summed E-state index contributed by atoms with van der Waals surface area (Å²) < 4.78 is 43.5. The van der Waals surface area contributed by atoms with Crippen LogP contribution in [0.4, 0.5) is 24.8 Å². The number of aromatic nitrogens is 2. The van der Waals surface area contributed by atoms with Crippen molar-refractivity contribution in [2.75, 3.05) is 12.4 Å². The molecule has 1 amide bonds. The number of alkyl halides is 3. The largest absolute Gasteiger partial charge is 0.573 e. The van der Waals surface area contributed by atoms with E-state index in [-0.39, 0.29) is 17.7 Å². The number of benzene rings is 2. The summed E-state index contributed by atoms with van der Waals surface area (Å²) >= 11 is 0. The third kappa shape index (κ3) is 5.23. The molecule has 1 aliphatic rings. The normalized spacial score (nSPS) is 21.1. The third-order valence-corrected chi connectivity index (χ3v) is 6.04. The summed E-state index contributed by atoms with van der Waals surface area (Å²) in [6.07, 6.45) is -1.62. The second-order valence-electron chi connectivity index (χ2n) is 8.86. The van der Waals surface area contributed by atoms with Crippen LogP contribution in [0.3, 0.4) is 0 Å². The SMILES string of the molecule is CNC(=O)c1ccc2nc(Nc3ccc(OC(F)(F)F)cc3)n(C3CC(C)CC(C)C3)c2c1. The first-order valence-corrected chi connectivity index (χ1v) is 11.0. The van der Waals surface area contributed by atoms with Crippen LogP contribution in [0.25, 0.3) is 11.0 Å². The molecule has 176 valence electrons. The summed E-state index contributed by atoms with van der Waals surface area (Å²) in [5.41, 5.74) is 2.72. The number of fused-ring (bicyclic) bond motifs is 1. The average Bonchev–Trinajstić information content (AvgIpc) is 3.09. The molecule has 2 atom stereocenters. The van der Waals surface area contributed by atoms with Crippen LogP contribution in [0, 0.1) is 11.8 Å². The van der Waals surface area contributed by atoms with E-state index >= 15 is 0 Å². The van der Waals surface area contributed by atoms with Gasteiger partial charge < -0.3 is 19.9 Å². The standard InChI is InChI=1S/C24H27F3N4O2/c1-14-10-15(2)12-18(11-14)31-21-13-16(22(32)28-3)4-9-20(21)30-23(31)29-17-5-7-19(8-6-17)33-24(25,26)27/h4-9,13-15,18H,10-12H2,1-3H3,(H,28,32)(H,29,30). The molecular weight excluding hydrogens is 433 g/mol. The lowest BCUT2D eigenvalue weighted by molar-refractivity contribution is -0.274. The number of imidazole rings is 1. The number of hydrogen-bond donors (Lipinski definition) is 2. The van der Waals surface area contributed by atoms with Crippen LogP contribution in [0.1, 0.15) is 49.5 Å². The number of halogens is 3. The van der Waals surface area contributed by atoms with E-state index in [1.54, 1.807) is 13.1 Å². The number of rotatable bonds is 5. The molecule has 1 fully saturated rings. The smallest absolute Gasteiger partial charge is 0.406 e. The van der Waals surface area contributed by atoms with Crippen molar-refractivity contribution in [3.05, 3.63) is 48.0 Å². The number of nitrogens with one attached hydrogen (secondary N) is 2. The number of nitrogens with zero attached hydrogens (tertiary/aromatic N) is 2. The molecule has 0 radical (unpaired) electrons. The molecule has 1 saturated carbocycles. The zero-order chi connectivity index (χ0) is 23.8. The molecule has 0 bridgehead atoms. The van der Waals surface area contributed by atoms with Gasteiger partial charge in [-0.1, -0.05) is 13.8 Å². The number of hydrogen-bond acceptors (Lipinski definition) is 4. The minimum Gasteiger partial charge on any atom is -0.406 e. The van der Waals surface area contributed by atoms with E-state index in [2.05, 4.69) is 33.8 Å². The number of carbonyl (C=O) groups excluding carboxylic acids is 1. The molecule has 3 aromatic rings. The van der Waals surface area contributed by atoms with Gasteiger partial charge in [0.25, 0.3) is 5.91 Å². The van der Waals surface area contributed by atoms with E-state index in [1.807, 2.05) is 12.1 Å². The quantitative estimate of drug-likeness (QED) is 0.487.